The Morgan fingerprint density at radius 3 is 2.56 bits per heavy atom. The zero-order valence-corrected chi connectivity index (χ0v) is 9.02. The number of rotatable bonds is 4. The third-order valence-electron chi connectivity index (χ3n) is 2.02. The van der Waals surface area contributed by atoms with Crippen molar-refractivity contribution in [3.8, 4) is 0 Å². The van der Waals surface area contributed by atoms with Crippen LogP contribution in [-0.2, 0) is 4.79 Å². The van der Waals surface area contributed by atoms with Gasteiger partial charge in [-0.25, -0.2) is 9.78 Å². The average molecular weight is 223 g/mol. The highest BCUT2D eigenvalue weighted by Gasteiger charge is 2.25. The van der Waals surface area contributed by atoms with Crippen LogP contribution in [0.15, 0.2) is 18.2 Å². The Bertz CT molecular complexity index is 429. The van der Waals surface area contributed by atoms with Crippen LogP contribution in [-0.4, -0.2) is 27.5 Å². The van der Waals surface area contributed by atoms with Crippen molar-refractivity contribution in [2.75, 3.05) is 5.32 Å². The molecule has 0 aromatic carbocycles. The van der Waals surface area contributed by atoms with Crippen molar-refractivity contribution in [3.63, 3.8) is 0 Å². The maximum absolute atomic E-state index is 11.1. The van der Waals surface area contributed by atoms with Crippen LogP contribution in [0.5, 0.6) is 0 Å². The lowest BCUT2D eigenvalue weighted by Crippen LogP contribution is -2.45. The number of carbonyl (C=O) groups is 2. The molecular weight excluding hydrogens is 210 g/mol. The summed E-state index contributed by atoms with van der Waals surface area (Å²) in [5.74, 6) is -1.38. The van der Waals surface area contributed by atoms with E-state index in [0.717, 1.165) is 0 Å². The predicted octanol–water partition coefficient (Wildman–Crippen LogP) is 0.456. The molecule has 1 heterocycles. The third kappa shape index (κ3) is 2.69. The van der Waals surface area contributed by atoms with Gasteiger partial charge in [-0.1, -0.05) is 6.07 Å². The largest absolute Gasteiger partial charge is 0.477 e. The van der Waals surface area contributed by atoms with E-state index in [-0.39, 0.29) is 5.69 Å². The second-order valence-corrected chi connectivity index (χ2v) is 3.83. The number of hydrogen-bond donors (Lipinski definition) is 3. The van der Waals surface area contributed by atoms with E-state index in [1.807, 2.05) is 0 Å². The van der Waals surface area contributed by atoms with Crippen LogP contribution in [0.25, 0.3) is 0 Å². The summed E-state index contributed by atoms with van der Waals surface area (Å²) in [5.41, 5.74) is 4.10. The summed E-state index contributed by atoms with van der Waals surface area (Å²) in [7, 11) is 0. The summed E-state index contributed by atoms with van der Waals surface area (Å²) in [4.78, 5) is 25.6. The second kappa shape index (κ2) is 4.18. The molecule has 6 heteroatoms. The summed E-state index contributed by atoms with van der Waals surface area (Å²) in [6.45, 7) is 3.18. The zero-order chi connectivity index (χ0) is 12.3. The first-order valence-electron chi connectivity index (χ1n) is 4.61. The van der Waals surface area contributed by atoms with Crippen LogP contribution in [0.4, 0.5) is 5.82 Å². The molecule has 0 spiro atoms. The number of nitrogens with two attached hydrogens (primary N) is 1. The van der Waals surface area contributed by atoms with Gasteiger partial charge in [0.1, 0.15) is 11.4 Å². The molecule has 0 saturated carbocycles. The maximum atomic E-state index is 11.1. The number of carboxylic acids is 1. The number of nitrogens with zero attached hydrogens (tertiary/aromatic N) is 1. The van der Waals surface area contributed by atoms with Crippen molar-refractivity contribution < 1.29 is 14.7 Å². The van der Waals surface area contributed by atoms with Gasteiger partial charge in [-0.2, -0.15) is 0 Å². The van der Waals surface area contributed by atoms with Gasteiger partial charge in [-0.05, 0) is 26.0 Å². The molecule has 4 N–H and O–H groups in total. The van der Waals surface area contributed by atoms with E-state index < -0.39 is 17.4 Å². The Balaban J connectivity index is 2.94. The van der Waals surface area contributed by atoms with Gasteiger partial charge >= 0.3 is 5.97 Å². The molecule has 0 aliphatic heterocycles. The third-order valence-corrected chi connectivity index (χ3v) is 2.02. The van der Waals surface area contributed by atoms with Crippen molar-refractivity contribution in [1.82, 2.24) is 4.98 Å². The van der Waals surface area contributed by atoms with E-state index in [9.17, 15) is 9.59 Å². The van der Waals surface area contributed by atoms with Crippen molar-refractivity contribution in [2.45, 2.75) is 19.4 Å². The Morgan fingerprint density at radius 2 is 2.06 bits per heavy atom. The summed E-state index contributed by atoms with van der Waals surface area (Å²) in [5, 5.41) is 11.5. The molecule has 6 nitrogen and oxygen atoms in total. The molecule has 0 bridgehead atoms. The molecule has 16 heavy (non-hydrogen) atoms. The van der Waals surface area contributed by atoms with Crippen LogP contribution < -0.4 is 11.1 Å². The van der Waals surface area contributed by atoms with Crippen LogP contribution in [0.2, 0.25) is 0 Å². The zero-order valence-electron chi connectivity index (χ0n) is 9.02. The fraction of sp³-hybridized carbons (Fsp3) is 0.300. The van der Waals surface area contributed by atoms with Crippen LogP contribution in [0.3, 0.4) is 0 Å². The van der Waals surface area contributed by atoms with Crippen molar-refractivity contribution in [3.05, 3.63) is 23.9 Å². The van der Waals surface area contributed by atoms with Crippen molar-refractivity contribution in [2.24, 2.45) is 5.73 Å². The van der Waals surface area contributed by atoms with E-state index in [1.165, 1.54) is 12.1 Å². The number of pyridine rings is 1. The molecule has 0 radical (unpaired) electrons. The van der Waals surface area contributed by atoms with Crippen molar-refractivity contribution in [1.29, 1.82) is 0 Å². The number of hydrogen-bond acceptors (Lipinski definition) is 4. The molecule has 86 valence electrons. The molecule has 1 rings (SSSR count). The van der Waals surface area contributed by atoms with Crippen LogP contribution in [0, 0.1) is 0 Å². The van der Waals surface area contributed by atoms with Crippen molar-refractivity contribution >= 4 is 17.7 Å². The lowest BCUT2D eigenvalue weighted by atomic mass is 10.1. The smallest absolute Gasteiger partial charge is 0.354 e. The molecule has 0 aliphatic carbocycles. The monoisotopic (exact) mass is 223 g/mol. The molecule has 0 saturated heterocycles. The number of nitrogens with one attached hydrogen (secondary N) is 1. The summed E-state index contributed by atoms with van der Waals surface area (Å²) in [6, 6.07) is 4.47. The SMILES string of the molecule is CC(C)(Nc1cccc(C(=O)O)n1)C(N)=O. The molecule has 0 fully saturated rings. The quantitative estimate of drug-likeness (QED) is 0.687. The first kappa shape index (κ1) is 12.0. The number of aromatic nitrogens is 1. The second-order valence-electron chi connectivity index (χ2n) is 3.83. The number of amides is 1. The standard InChI is InChI=1S/C10H13N3O3/c1-10(2,9(11)16)13-7-5-3-4-6(12-7)8(14)15/h3-5H,1-2H3,(H2,11,16)(H,12,13)(H,14,15). The molecule has 1 aromatic heterocycles. The van der Waals surface area contributed by atoms with Gasteiger partial charge in [0.25, 0.3) is 0 Å². The highest BCUT2D eigenvalue weighted by molar-refractivity contribution is 5.88. The van der Waals surface area contributed by atoms with Gasteiger partial charge in [0, 0.05) is 0 Å². The Hall–Kier alpha value is -2.11. The summed E-state index contributed by atoms with van der Waals surface area (Å²) in [6.07, 6.45) is 0. The average Bonchev–Trinajstić information content (AvgIpc) is 2.17. The normalized spacial score (nSPS) is 10.9. The van der Waals surface area contributed by atoms with Gasteiger partial charge in [-0.15, -0.1) is 0 Å². The first-order valence-corrected chi connectivity index (χ1v) is 4.61. The topological polar surface area (TPSA) is 105 Å². The lowest BCUT2D eigenvalue weighted by molar-refractivity contribution is -0.121. The number of carboxylic acid groups (broad SMARTS) is 1. The van der Waals surface area contributed by atoms with E-state index in [1.54, 1.807) is 19.9 Å². The van der Waals surface area contributed by atoms with E-state index in [2.05, 4.69) is 10.3 Å². The highest BCUT2D eigenvalue weighted by Crippen LogP contribution is 2.12. The van der Waals surface area contributed by atoms with Gasteiger partial charge in [-0.3, -0.25) is 4.79 Å². The number of aromatic carboxylic acids is 1. The van der Waals surface area contributed by atoms with Gasteiger partial charge in [0.05, 0.1) is 0 Å². The minimum absolute atomic E-state index is 0.0923. The maximum Gasteiger partial charge on any atom is 0.354 e. The number of primary amides is 1. The fourth-order valence-electron chi connectivity index (χ4n) is 1.01. The Labute approximate surface area is 92.5 Å². The summed E-state index contributed by atoms with van der Waals surface area (Å²) < 4.78 is 0. The minimum atomic E-state index is -1.12. The van der Waals surface area contributed by atoms with Crippen LogP contribution in [0.1, 0.15) is 24.3 Å². The molecule has 1 aromatic rings. The number of carbonyl (C=O) groups excluding carboxylic acids is 1. The highest BCUT2D eigenvalue weighted by atomic mass is 16.4. The number of anilines is 1. The van der Waals surface area contributed by atoms with Gasteiger partial charge in [0.15, 0.2) is 5.69 Å². The van der Waals surface area contributed by atoms with Gasteiger partial charge in [0.2, 0.25) is 5.91 Å². The Kier molecular flexibility index (Phi) is 3.12. The minimum Gasteiger partial charge on any atom is -0.477 e. The van der Waals surface area contributed by atoms with Gasteiger partial charge < -0.3 is 16.2 Å². The first-order chi connectivity index (χ1) is 7.33. The molecule has 0 aliphatic rings. The molecule has 0 atom stereocenters. The Morgan fingerprint density at radius 1 is 1.44 bits per heavy atom. The van der Waals surface area contributed by atoms with E-state index in [4.69, 9.17) is 10.8 Å². The predicted molar refractivity (Wildman–Crippen MR) is 58.1 cm³/mol. The molecular formula is C10H13N3O3. The van der Waals surface area contributed by atoms with E-state index in [0.29, 0.717) is 5.82 Å². The molecule has 0 unspecified atom stereocenters. The van der Waals surface area contributed by atoms with Crippen LogP contribution >= 0.6 is 0 Å². The van der Waals surface area contributed by atoms with E-state index >= 15 is 0 Å². The lowest BCUT2D eigenvalue weighted by Gasteiger charge is -2.22. The molecule has 1 amide bonds. The summed E-state index contributed by atoms with van der Waals surface area (Å²) >= 11 is 0. The fourth-order valence-corrected chi connectivity index (χ4v) is 1.01.